The highest BCUT2D eigenvalue weighted by Crippen LogP contribution is 2.30. The van der Waals surface area contributed by atoms with Crippen LogP contribution in [0.15, 0.2) is 54.6 Å². The van der Waals surface area contributed by atoms with Crippen LogP contribution in [0.4, 0.5) is 0 Å². The molecule has 2 aromatic carbocycles. The van der Waals surface area contributed by atoms with E-state index in [0.717, 1.165) is 28.0 Å². The van der Waals surface area contributed by atoms with Crippen molar-refractivity contribution >= 4 is 16.9 Å². The van der Waals surface area contributed by atoms with Gasteiger partial charge < -0.3 is 14.8 Å². The summed E-state index contributed by atoms with van der Waals surface area (Å²) < 4.78 is 12.5. The summed E-state index contributed by atoms with van der Waals surface area (Å²) in [6, 6.07) is 17.0. The Morgan fingerprint density at radius 3 is 2.41 bits per heavy atom. The smallest absolute Gasteiger partial charge is 0.252 e. The van der Waals surface area contributed by atoms with Gasteiger partial charge in [-0.15, -0.1) is 0 Å². The Morgan fingerprint density at radius 1 is 1.00 bits per heavy atom. The van der Waals surface area contributed by atoms with Crippen molar-refractivity contribution in [3.8, 4) is 17.2 Å². The second kappa shape index (κ2) is 8.70. The molecule has 7 nitrogen and oxygen atoms in total. The van der Waals surface area contributed by atoms with E-state index in [-0.39, 0.29) is 11.9 Å². The van der Waals surface area contributed by atoms with E-state index in [0.29, 0.717) is 22.7 Å². The minimum Gasteiger partial charge on any atom is -0.493 e. The second-order valence-corrected chi connectivity index (χ2v) is 7.65. The maximum Gasteiger partial charge on any atom is 0.252 e. The average molecular weight is 431 g/mol. The Hall–Kier alpha value is -3.87. The van der Waals surface area contributed by atoms with Crippen LogP contribution in [0.2, 0.25) is 0 Å². The van der Waals surface area contributed by atoms with Crippen molar-refractivity contribution in [2.75, 3.05) is 14.2 Å². The van der Waals surface area contributed by atoms with Gasteiger partial charge in [-0.25, -0.2) is 9.67 Å². The number of para-hydroxylation sites is 1. The molecule has 1 atom stereocenters. The van der Waals surface area contributed by atoms with Crippen LogP contribution in [0, 0.1) is 13.8 Å². The van der Waals surface area contributed by atoms with Gasteiger partial charge in [0, 0.05) is 5.69 Å². The molecule has 0 bridgehead atoms. The summed E-state index contributed by atoms with van der Waals surface area (Å²) in [6.45, 7) is 5.71. The number of carbonyl (C=O) groups is 1. The van der Waals surface area contributed by atoms with E-state index < -0.39 is 0 Å². The van der Waals surface area contributed by atoms with Gasteiger partial charge in [0.1, 0.15) is 0 Å². The van der Waals surface area contributed by atoms with Gasteiger partial charge in [0.25, 0.3) is 5.91 Å². The normalized spacial score (nSPS) is 11.9. The Kier molecular flexibility index (Phi) is 5.81. The van der Waals surface area contributed by atoms with Gasteiger partial charge in [-0.2, -0.15) is 5.10 Å². The molecule has 0 aliphatic rings. The molecule has 4 aromatic rings. The molecule has 1 N–H and O–H groups in total. The molecule has 164 valence electrons. The first-order valence-electron chi connectivity index (χ1n) is 10.4. The van der Waals surface area contributed by atoms with Gasteiger partial charge in [-0.3, -0.25) is 4.79 Å². The minimum atomic E-state index is -0.240. The number of pyridine rings is 1. The molecule has 2 heterocycles. The highest BCUT2D eigenvalue weighted by Gasteiger charge is 2.21. The van der Waals surface area contributed by atoms with Gasteiger partial charge >= 0.3 is 0 Å². The fourth-order valence-corrected chi connectivity index (χ4v) is 3.82. The lowest BCUT2D eigenvalue weighted by Crippen LogP contribution is -2.27. The quantitative estimate of drug-likeness (QED) is 0.486. The summed E-state index contributed by atoms with van der Waals surface area (Å²) in [6.07, 6.45) is 0. The van der Waals surface area contributed by atoms with Crippen molar-refractivity contribution < 1.29 is 14.3 Å². The number of aromatic nitrogens is 3. The number of nitrogens with one attached hydrogen (secondary N) is 1. The molecular weight excluding hydrogens is 404 g/mol. The predicted molar refractivity (Wildman–Crippen MR) is 124 cm³/mol. The third-order valence-corrected chi connectivity index (χ3v) is 5.44. The molecule has 0 radical (unpaired) electrons. The summed E-state index contributed by atoms with van der Waals surface area (Å²) in [4.78, 5) is 18.0. The number of aryl methyl sites for hydroxylation is 2. The van der Waals surface area contributed by atoms with Crippen LogP contribution in [0.25, 0.3) is 16.7 Å². The molecule has 0 saturated heterocycles. The number of amides is 1. The molecule has 32 heavy (non-hydrogen) atoms. The van der Waals surface area contributed by atoms with E-state index in [1.165, 1.54) is 0 Å². The van der Waals surface area contributed by atoms with Gasteiger partial charge in [0.2, 0.25) is 0 Å². The fraction of sp³-hybridized carbons (Fsp3) is 0.240. The SMILES string of the molecule is COc1ccc([C@@H](C)NC(=O)c2cc(C)nc3c2c(C)nn3-c2ccccc2)cc1OC. The highest BCUT2D eigenvalue weighted by atomic mass is 16.5. The van der Waals surface area contributed by atoms with Gasteiger partial charge in [-0.1, -0.05) is 24.3 Å². The molecule has 0 aliphatic heterocycles. The molecule has 0 aliphatic carbocycles. The summed E-state index contributed by atoms with van der Waals surface area (Å²) in [5, 5.41) is 8.51. The lowest BCUT2D eigenvalue weighted by atomic mass is 10.1. The number of nitrogens with zero attached hydrogens (tertiary/aromatic N) is 3. The molecule has 0 saturated carbocycles. The van der Waals surface area contributed by atoms with Crippen LogP contribution in [0.5, 0.6) is 11.5 Å². The van der Waals surface area contributed by atoms with E-state index in [9.17, 15) is 4.79 Å². The molecular formula is C25H26N4O3. The van der Waals surface area contributed by atoms with Crippen LogP contribution >= 0.6 is 0 Å². The molecule has 0 fully saturated rings. The minimum absolute atomic E-state index is 0.182. The summed E-state index contributed by atoms with van der Waals surface area (Å²) in [7, 11) is 3.19. The van der Waals surface area contributed by atoms with Crippen molar-refractivity contribution in [1.82, 2.24) is 20.1 Å². The molecule has 0 spiro atoms. The first-order valence-corrected chi connectivity index (χ1v) is 10.4. The zero-order chi connectivity index (χ0) is 22.8. The highest BCUT2D eigenvalue weighted by molar-refractivity contribution is 6.07. The Morgan fingerprint density at radius 2 is 1.72 bits per heavy atom. The standard InChI is InChI=1S/C25H26N4O3/c1-15-13-20(23-17(3)28-29(24(23)26-15)19-9-7-6-8-10-19)25(30)27-16(2)18-11-12-21(31-4)22(14-18)32-5/h6-14,16H,1-5H3,(H,27,30)/t16-/m1/s1. The topological polar surface area (TPSA) is 78.3 Å². The summed E-state index contributed by atoms with van der Waals surface area (Å²) in [5.74, 6) is 1.08. The lowest BCUT2D eigenvalue weighted by Gasteiger charge is -2.17. The number of methoxy groups -OCH3 is 2. The summed E-state index contributed by atoms with van der Waals surface area (Å²) in [5.41, 5.74) is 4.53. The first kappa shape index (κ1) is 21.4. The molecule has 4 rings (SSSR count). The number of fused-ring (bicyclic) bond motifs is 1. The number of carbonyl (C=O) groups excluding carboxylic acids is 1. The zero-order valence-corrected chi connectivity index (χ0v) is 18.8. The third kappa shape index (κ3) is 3.89. The molecule has 1 amide bonds. The summed E-state index contributed by atoms with van der Waals surface area (Å²) >= 11 is 0. The monoisotopic (exact) mass is 430 g/mol. The lowest BCUT2D eigenvalue weighted by molar-refractivity contribution is 0.0941. The number of rotatable bonds is 6. The predicted octanol–water partition coefficient (Wildman–Crippen LogP) is 4.55. The Labute approximate surface area is 187 Å². The van der Waals surface area contributed by atoms with E-state index in [4.69, 9.17) is 9.47 Å². The van der Waals surface area contributed by atoms with Crippen LogP contribution in [0.1, 0.15) is 40.3 Å². The van der Waals surface area contributed by atoms with E-state index in [1.54, 1.807) is 18.9 Å². The van der Waals surface area contributed by atoms with Crippen LogP contribution in [-0.2, 0) is 0 Å². The van der Waals surface area contributed by atoms with Gasteiger partial charge in [0.05, 0.1) is 42.6 Å². The molecule has 7 heteroatoms. The Balaban J connectivity index is 1.71. The van der Waals surface area contributed by atoms with Crippen LogP contribution < -0.4 is 14.8 Å². The second-order valence-electron chi connectivity index (χ2n) is 7.65. The van der Waals surface area contributed by atoms with E-state index in [2.05, 4.69) is 15.4 Å². The largest absolute Gasteiger partial charge is 0.493 e. The van der Waals surface area contributed by atoms with Gasteiger partial charge in [0.15, 0.2) is 17.1 Å². The third-order valence-electron chi connectivity index (χ3n) is 5.44. The van der Waals surface area contributed by atoms with Gasteiger partial charge in [-0.05, 0) is 56.7 Å². The fourth-order valence-electron chi connectivity index (χ4n) is 3.82. The number of benzene rings is 2. The maximum absolute atomic E-state index is 13.3. The zero-order valence-electron chi connectivity index (χ0n) is 18.8. The number of hydrogen-bond donors (Lipinski definition) is 1. The van der Waals surface area contributed by atoms with E-state index >= 15 is 0 Å². The molecule has 0 unspecified atom stereocenters. The van der Waals surface area contributed by atoms with Crippen molar-refractivity contribution in [3.63, 3.8) is 0 Å². The Bertz CT molecular complexity index is 1280. The van der Waals surface area contributed by atoms with Crippen molar-refractivity contribution in [3.05, 3.63) is 77.1 Å². The van der Waals surface area contributed by atoms with Crippen molar-refractivity contribution in [2.45, 2.75) is 26.8 Å². The first-order chi connectivity index (χ1) is 15.4. The van der Waals surface area contributed by atoms with E-state index in [1.807, 2.05) is 75.4 Å². The maximum atomic E-state index is 13.3. The number of hydrogen-bond acceptors (Lipinski definition) is 5. The van der Waals surface area contributed by atoms with Crippen LogP contribution in [0.3, 0.4) is 0 Å². The average Bonchev–Trinajstić information content (AvgIpc) is 3.14. The number of ether oxygens (including phenoxy) is 2. The van der Waals surface area contributed by atoms with Crippen molar-refractivity contribution in [1.29, 1.82) is 0 Å². The molecule has 2 aromatic heterocycles. The van der Waals surface area contributed by atoms with Crippen molar-refractivity contribution in [2.24, 2.45) is 0 Å². The van der Waals surface area contributed by atoms with Crippen LogP contribution in [-0.4, -0.2) is 34.9 Å².